The van der Waals surface area contributed by atoms with E-state index in [0.29, 0.717) is 0 Å². The number of amides is 2. The predicted molar refractivity (Wildman–Crippen MR) is 70.0 cm³/mol. The Kier molecular flexibility index (Phi) is 3.82. The Hall–Kier alpha value is -1.53. The van der Waals surface area contributed by atoms with Crippen LogP contribution in [0.25, 0.3) is 0 Å². The van der Waals surface area contributed by atoms with Crippen molar-refractivity contribution in [3.05, 3.63) is 35.9 Å². The molecule has 19 heavy (non-hydrogen) atoms. The molecule has 1 aromatic rings. The normalized spacial score (nSPS) is 19.4. The smallest absolute Gasteiger partial charge is 0.364 e. The van der Waals surface area contributed by atoms with Crippen LogP contribution >= 0.6 is 16.1 Å². The van der Waals surface area contributed by atoms with Gasteiger partial charge in [0.15, 0.2) is 0 Å². The second-order valence-electron chi connectivity index (χ2n) is 4.47. The Morgan fingerprint density at radius 3 is 2.21 bits per heavy atom. The summed E-state index contributed by atoms with van der Waals surface area (Å²) in [5.74, 6) is -1.95. The molecule has 0 bridgehead atoms. The summed E-state index contributed by atoms with van der Waals surface area (Å²) in [5.41, 5.74) is 0.777. The van der Waals surface area contributed by atoms with Crippen LogP contribution in [-0.2, 0) is 20.8 Å². The van der Waals surface area contributed by atoms with Crippen LogP contribution in [0.3, 0.4) is 0 Å². The Morgan fingerprint density at radius 1 is 1.21 bits per heavy atom. The molecule has 1 aromatic carbocycles. The van der Waals surface area contributed by atoms with E-state index >= 15 is 0 Å². The summed E-state index contributed by atoms with van der Waals surface area (Å²) < 4.78 is -0.808. The monoisotopic (exact) mass is 326 g/mol. The van der Waals surface area contributed by atoms with Crippen molar-refractivity contribution < 1.29 is 23.0 Å². The lowest BCUT2D eigenvalue weighted by atomic mass is 10.0. The third-order valence-electron chi connectivity index (χ3n) is 3.27. The molecule has 1 aliphatic heterocycles. The number of carboxylic acid groups (broad SMARTS) is 1. The summed E-state index contributed by atoms with van der Waals surface area (Å²) in [7, 11) is 0. The number of rotatable bonds is 4. The van der Waals surface area contributed by atoms with Crippen molar-refractivity contribution in [1.29, 1.82) is 0 Å². The van der Waals surface area contributed by atoms with Crippen LogP contribution in [0.15, 0.2) is 30.3 Å². The zero-order valence-electron chi connectivity index (χ0n) is 10.1. The molecule has 1 heterocycles. The van der Waals surface area contributed by atoms with Gasteiger partial charge in [0.1, 0.15) is 0 Å². The highest BCUT2D eigenvalue weighted by Gasteiger charge is 2.57. The first-order chi connectivity index (χ1) is 8.96. The Morgan fingerprint density at radius 2 is 1.74 bits per heavy atom. The molecule has 0 saturated carbocycles. The van der Waals surface area contributed by atoms with Gasteiger partial charge in [-0.3, -0.25) is 0 Å². The van der Waals surface area contributed by atoms with E-state index in [0.717, 1.165) is 5.56 Å². The minimum absolute atomic E-state index is 0.0860. The predicted octanol–water partition coefficient (Wildman–Crippen LogP) is 1.66. The van der Waals surface area contributed by atoms with Gasteiger partial charge in [-0.2, -0.15) is 0 Å². The molecule has 5 nitrogen and oxygen atoms in total. The highest BCUT2D eigenvalue weighted by Crippen LogP contribution is 2.33. The SMILES string of the molecule is O=C(O)[C@H](Cc1ccccc1)[N+]1(Br)C(=O)CCC1=O. The molecular formula is C13H13BrNO4+. The number of hydrogen-bond donors (Lipinski definition) is 1. The Bertz CT molecular complexity index is 513. The number of benzene rings is 1. The molecule has 1 aliphatic rings. The number of hydrogen-bond acceptors (Lipinski definition) is 3. The fraction of sp³-hybridized carbons (Fsp3) is 0.308. The second-order valence-corrected chi connectivity index (χ2v) is 5.59. The van der Waals surface area contributed by atoms with Gasteiger partial charge >= 0.3 is 17.8 Å². The number of carboxylic acids is 1. The number of quaternary nitrogens is 1. The summed E-state index contributed by atoms with van der Waals surface area (Å²) >= 11 is 3.06. The number of likely N-dealkylation sites (tertiary alicyclic amines) is 1. The summed E-state index contributed by atoms with van der Waals surface area (Å²) in [5, 5.41) is 9.35. The van der Waals surface area contributed by atoms with Gasteiger partial charge in [0.05, 0.1) is 12.8 Å². The first-order valence-corrected chi connectivity index (χ1v) is 6.59. The van der Waals surface area contributed by atoms with Crippen LogP contribution in [0, 0.1) is 0 Å². The van der Waals surface area contributed by atoms with Crippen molar-refractivity contribution in [2.75, 3.05) is 0 Å². The highest BCUT2D eigenvalue weighted by atomic mass is 79.9. The minimum atomic E-state index is -1.16. The van der Waals surface area contributed by atoms with E-state index in [9.17, 15) is 19.5 Å². The molecular weight excluding hydrogens is 314 g/mol. The van der Waals surface area contributed by atoms with E-state index in [4.69, 9.17) is 0 Å². The van der Waals surface area contributed by atoms with E-state index in [1.165, 1.54) is 0 Å². The summed E-state index contributed by atoms with van der Waals surface area (Å²) in [4.78, 5) is 35.2. The Labute approximate surface area is 118 Å². The average Bonchev–Trinajstić information content (AvgIpc) is 2.65. The lowest BCUT2D eigenvalue weighted by Crippen LogP contribution is -2.55. The van der Waals surface area contributed by atoms with Gasteiger partial charge in [-0.25, -0.2) is 14.4 Å². The van der Waals surface area contributed by atoms with E-state index < -0.39 is 27.3 Å². The van der Waals surface area contributed by atoms with Gasteiger partial charge in [-0.15, -0.1) is 3.51 Å². The molecule has 2 rings (SSSR count). The zero-order chi connectivity index (χ0) is 14.0. The van der Waals surface area contributed by atoms with E-state index in [1.807, 2.05) is 6.07 Å². The van der Waals surface area contributed by atoms with Gasteiger partial charge in [0.2, 0.25) is 22.2 Å². The lowest BCUT2D eigenvalue weighted by Gasteiger charge is -2.26. The topological polar surface area (TPSA) is 71.4 Å². The molecule has 1 fully saturated rings. The first kappa shape index (κ1) is 13.9. The lowest BCUT2D eigenvalue weighted by molar-refractivity contribution is -0.636. The van der Waals surface area contributed by atoms with Crippen LogP contribution < -0.4 is 0 Å². The average molecular weight is 327 g/mol. The zero-order valence-corrected chi connectivity index (χ0v) is 11.7. The standard InChI is InChI=1S/C13H12BrNO4/c14-15(11(16)6-7-12(15)17)10(13(18)19)8-9-4-2-1-3-5-9/h1-5,10H,6-8H2/p+1/t10-/m0/s1. The molecule has 0 radical (unpaired) electrons. The summed E-state index contributed by atoms with van der Waals surface area (Å²) in [6, 6.07) is 7.83. The molecule has 0 aromatic heterocycles. The van der Waals surface area contributed by atoms with Crippen molar-refractivity contribution in [1.82, 2.24) is 0 Å². The summed E-state index contributed by atoms with van der Waals surface area (Å²) in [6.45, 7) is 0. The van der Waals surface area contributed by atoms with Gasteiger partial charge in [-0.1, -0.05) is 30.3 Å². The highest BCUT2D eigenvalue weighted by molar-refractivity contribution is 9.05. The maximum Gasteiger partial charge on any atom is 0.364 e. The van der Waals surface area contributed by atoms with Crippen LogP contribution in [0.5, 0.6) is 0 Å². The van der Waals surface area contributed by atoms with Crippen molar-refractivity contribution >= 4 is 33.9 Å². The fourth-order valence-corrected chi connectivity index (χ4v) is 2.90. The molecule has 2 amide bonds. The van der Waals surface area contributed by atoms with Crippen LogP contribution in [-0.4, -0.2) is 32.4 Å². The third kappa shape index (κ3) is 2.46. The van der Waals surface area contributed by atoms with Crippen molar-refractivity contribution in [2.45, 2.75) is 25.3 Å². The van der Waals surface area contributed by atoms with Gasteiger partial charge < -0.3 is 5.11 Å². The Balaban J connectivity index is 2.33. The van der Waals surface area contributed by atoms with E-state index in [1.54, 1.807) is 24.3 Å². The van der Waals surface area contributed by atoms with Crippen LogP contribution in [0.4, 0.5) is 0 Å². The number of carbonyl (C=O) groups is 3. The van der Waals surface area contributed by atoms with Crippen LogP contribution in [0.1, 0.15) is 18.4 Å². The number of halogens is 1. The molecule has 0 unspecified atom stereocenters. The fourth-order valence-electron chi connectivity index (χ4n) is 2.23. The number of imide groups is 1. The largest absolute Gasteiger partial charge is 0.477 e. The molecule has 1 N–H and O–H groups in total. The quantitative estimate of drug-likeness (QED) is 0.674. The minimum Gasteiger partial charge on any atom is -0.477 e. The van der Waals surface area contributed by atoms with E-state index in [-0.39, 0.29) is 19.3 Å². The molecule has 0 spiro atoms. The van der Waals surface area contributed by atoms with Gasteiger partial charge in [-0.05, 0) is 5.56 Å². The second kappa shape index (κ2) is 5.22. The van der Waals surface area contributed by atoms with E-state index in [2.05, 4.69) is 16.1 Å². The third-order valence-corrected chi connectivity index (χ3v) is 4.55. The molecule has 6 heteroatoms. The maximum absolute atomic E-state index is 11.9. The van der Waals surface area contributed by atoms with Crippen LogP contribution in [0.2, 0.25) is 0 Å². The number of carbonyl (C=O) groups excluding carboxylic acids is 2. The molecule has 1 saturated heterocycles. The number of nitrogens with zero attached hydrogens (tertiary/aromatic N) is 1. The number of aliphatic carboxylic acids is 1. The van der Waals surface area contributed by atoms with Crippen molar-refractivity contribution in [3.8, 4) is 0 Å². The maximum atomic E-state index is 11.9. The molecule has 100 valence electrons. The molecule has 0 aliphatic carbocycles. The van der Waals surface area contributed by atoms with Crippen molar-refractivity contribution in [3.63, 3.8) is 0 Å². The summed E-state index contributed by atoms with van der Waals surface area (Å²) in [6.07, 6.45) is 0.296. The van der Waals surface area contributed by atoms with Crippen molar-refractivity contribution in [2.24, 2.45) is 0 Å². The van der Waals surface area contributed by atoms with Gasteiger partial charge in [0, 0.05) is 6.42 Å². The molecule has 1 atom stereocenters. The van der Waals surface area contributed by atoms with Gasteiger partial charge in [0.25, 0.3) is 0 Å². The first-order valence-electron chi connectivity index (χ1n) is 5.88.